The van der Waals surface area contributed by atoms with Crippen molar-refractivity contribution in [2.75, 3.05) is 13.2 Å². The third kappa shape index (κ3) is 4.16. The van der Waals surface area contributed by atoms with Gasteiger partial charge in [0.15, 0.2) is 5.76 Å². The van der Waals surface area contributed by atoms with E-state index in [1.807, 2.05) is 12.1 Å². The second-order valence-electron chi connectivity index (χ2n) is 6.73. The average Bonchev–Trinajstić information content (AvgIpc) is 3.18. The number of hydrogen-bond donors (Lipinski definition) is 0. The van der Waals surface area contributed by atoms with Gasteiger partial charge in [0, 0.05) is 28.3 Å². The highest BCUT2D eigenvalue weighted by molar-refractivity contribution is 6.30. The van der Waals surface area contributed by atoms with Crippen LogP contribution in [-0.4, -0.2) is 35.3 Å². The van der Waals surface area contributed by atoms with E-state index in [4.69, 9.17) is 25.6 Å². The predicted molar refractivity (Wildman–Crippen MR) is 109 cm³/mol. The molecule has 30 heavy (non-hydrogen) atoms. The van der Waals surface area contributed by atoms with Crippen LogP contribution >= 0.6 is 11.6 Å². The Morgan fingerprint density at radius 1 is 1.13 bits per heavy atom. The van der Waals surface area contributed by atoms with Crippen LogP contribution in [0.4, 0.5) is 4.79 Å². The van der Waals surface area contributed by atoms with Crippen molar-refractivity contribution in [3.63, 3.8) is 0 Å². The molecule has 0 aliphatic carbocycles. The summed E-state index contributed by atoms with van der Waals surface area (Å²) in [4.78, 5) is 26.0. The molecule has 1 aliphatic rings. The molecule has 0 bridgehead atoms. The minimum absolute atomic E-state index is 0.126. The Morgan fingerprint density at radius 3 is 2.57 bits per heavy atom. The number of aromatic nitrogens is 1. The number of fused-ring (bicyclic) bond motifs is 1. The van der Waals surface area contributed by atoms with Crippen molar-refractivity contribution in [3.8, 4) is 17.1 Å². The topological polar surface area (TPSA) is 81.9 Å². The van der Waals surface area contributed by atoms with Crippen LogP contribution in [0.15, 0.2) is 53.1 Å². The fourth-order valence-electron chi connectivity index (χ4n) is 3.32. The summed E-state index contributed by atoms with van der Waals surface area (Å²) >= 11 is 5.96. The van der Waals surface area contributed by atoms with E-state index in [1.54, 1.807) is 48.2 Å². The molecule has 8 heteroatoms. The number of ether oxygens (including phenoxy) is 2. The van der Waals surface area contributed by atoms with Crippen LogP contribution in [-0.2, 0) is 17.7 Å². The van der Waals surface area contributed by atoms with E-state index >= 15 is 0 Å². The number of hydrogen-bond acceptors (Lipinski definition) is 6. The molecule has 1 aromatic heterocycles. The number of halogens is 1. The monoisotopic (exact) mass is 426 g/mol. The standard InChI is InChI=1S/C22H19ClN2O5/c1-2-28-22(27)29-17-9-5-15(6-10-17)21(26)25-12-11-18-19(13-25)24-30-20(18)14-3-7-16(23)8-4-14/h3-10H,2,11-13H2,1H3. The van der Waals surface area contributed by atoms with Crippen molar-refractivity contribution in [2.24, 2.45) is 0 Å². The lowest BCUT2D eigenvalue weighted by molar-refractivity contribution is 0.0731. The van der Waals surface area contributed by atoms with Gasteiger partial charge in [-0.15, -0.1) is 0 Å². The Labute approximate surface area is 178 Å². The van der Waals surface area contributed by atoms with Crippen molar-refractivity contribution in [3.05, 3.63) is 70.4 Å². The van der Waals surface area contributed by atoms with Gasteiger partial charge >= 0.3 is 6.16 Å². The first-order valence-corrected chi connectivity index (χ1v) is 9.90. The number of carbonyl (C=O) groups is 2. The lowest BCUT2D eigenvalue weighted by Gasteiger charge is -2.26. The molecule has 0 atom stereocenters. The SMILES string of the molecule is CCOC(=O)Oc1ccc(C(=O)N2CCc3c(noc3-c3ccc(Cl)cc3)C2)cc1. The Kier molecular flexibility index (Phi) is 5.72. The van der Waals surface area contributed by atoms with E-state index in [0.717, 1.165) is 16.8 Å². The summed E-state index contributed by atoms with van der Waals surface area (Å²) in [6.07, 6.45) is -0.130. The Hall–Kier alpha value is -3.32. The third-order valence-electron chi connectivity index (χ3n) is 4.80. The molecule has 1 amide bonds. The van der Waals surface area contributed by atoms with Crippen molar-refractivity contribution in [1.82, 2.24) is 10.1 Å². The van der Waals surface area contributed by atoms with Crippen molar-refractivity contribution < 1.29 is 23.6 Å². The summed E-state index contributed by atoms with van der Waals surface area (Å²) in [6, 6.07) is 13.8. The van der Waals surface area contributed by atoms with Gasteiger partial charge in [0.2, 0.25) is 0 Å². The smallest absolute Gasteiger partial charge is 0.434 e. The summed E-state index contributed by atoms with van der Waals surface area (Å²) in [5.41, 5.74) is 3.17. The summed E-state index contributed by atoms with van der Waals surface area (Å²) in [5.74, 6) is 0.906. The lowest BCUT2D eigenvalue weighted by atomic mass is 10.00. The first kappa shape index (κ1) is 20.0. The summed E-state index contributed by atoms with van der Waals surface area (Å²) in [5, 5.41) is 4.83. The van der Waals surface area contributed by atoms with Gasteiger partial charge in [-0.3, -0.25) is 4.79 Å². The van der Waals surface area contributed by atoms with E-state index in [2.05, 4.69) is 5.16 Å². The minimum atomic E-state index is -0.775. The van der Waals surface area contributed by atoms with E-state index < -0.39 is 6.16 Å². The first-order valence-electron chi connectivity index (χ1n) is 9.52. The van der Waals surface area contributed by atoms with Gasteiger partial charge in [0.25, 0.3) is 5.91 Å². The molecule has 154 valence electrons. The van der Waals surface area contributed by atoms with Crippen LogP contribution in [0.2, 0.25) is 5.02 Å². The molecule has 7 nitrogen and oxygen atoms in total. The molecule has 0 unspecified atom stereocenters. The fourth-order valence-corrected chi connectivity index (χ4v) is 3.45. The minimum Gasteiger partial charge on any atom is -0.434 e. The number of rotatable bonds is 4. The van der Waals surface area contributed by atoms with Gasteiger partial charge in [-0.2, -0.15) is 0 Å². The summed E-state index contributed by atoms with van der Waals surface area (Å²) < 4.78 is 15.3. The van der Waals surface area contributed by atoms with Crippen LogP contribution in [0.1, 0.15) is 28.5 Å². The van der Waals surface area contributed by atoms with Gasteiger partial charge in [-0.05, 0) is 61.9 Å². The van der Waals surface area contributed by atoms with Crippen molar-refractivity contribution >= 4 is 23.7 Å². The first-order chi connectivity index (χ1) is 14.5. The second kappa shape index (κ2) is 8.59. The lowest BCUT2D eigenvalue weighted by Crippen LogP contribution is -2.35. The van der Waals surface area contributed by atoms with E-state index in [0.29, 0.717) is 41.6 Å². The molecule has 0 saturated heterocycles. The third-order valence-corrected chi connectivity index (χ3v) is 5.05. The fraction of sp³-hybridized carbons (Fsp3) is 0.227. The van der Waals surface area contributed by atoms with Crippen LogP contribution < -0.4 is 4.74 Å². The molecule has 0 saturated carbocycles. The van der Waals surface area contributed by atoms with Crippen molar-refractivity contribution in [2.45, 2.75) is 19.9 Å². The van der Waals surface area contributed by atoms with Gasteiger partial charge in [0.05, 0.1) is 13.2 Å². The Morgan fingerprint density at radius 2 is 1.87 bits per heavy atom. The summed E-state index contributed by atoms with van der Waals surface area (Å²) in [6.45, 7) is 2.84. The molecular weight excluding hydrogens is 408 g/mol. The maximum absolute atomic E-state index is 12.9. The predicted octanol–water partition coefficient (Wildman–Crippen LogP) is 4.73. The maximum atomic E-state index is 12.9. The Bertz CT molecular complexity index is 1060. The van der Waals surface area contributed by atoms with E-state index in [-0.39, 0.29) is 12.5 Å². The quantitative estimate of drug-likeness (QED) is 0.443. The van der Waals surface area contributed by atoms with Gasteiger partial charge < -0.3 is 18.9 Å². The van der Waals surface area contributed by atoms with Crippen LogP contribution in [0.5, 0.6) is 5.75 Å². The number of benzene rings is 2. The molecule has 0 radical (unpaired) electrons. The molecule has 4 rings (SSSR count). The van der Waals surface area contributed by atoms with Gasteiger partial charge in [0.1, 0.15) is 11.4 Å². The average molecular weight is 427 g/mol. The maximum Gasteiger partial charge on any atom is 0.513 e. The summed E-state index contributed by atoms with van der Waals surface area (Å²) in [7, 11) is 0. The molecular formula is C22H19ClN2O5. The van der Waals surface area contributed by atoms with E-state index in [1.165, 1.54) is 0 Å². The highest BCUT2D eigenvalue weighted by Gasteiger charge is 2.27. The molecule has 1 aliphatic heterocycles. The molecule has 0 fully saturated rings. The number of amides is 1. The largest absolute Gasteiger partial charge is 0.513 e. The van der Waals surface area contributed by atoms with Crippen LogP contribution in [0.25, 0.3) is 11.3 Å². The zero-order chi connectivity index (χ0) is 21.1. The van der Waals surface area contributed by atoms with Gasteiger partial charge in [-0.1, -0.05) is 16.8 Å². The molecule has 0 spiro atoms. The Balaban J connectivity index is 1.45. The van der Waals surface area contributed by atoms with Crippen molar-refractivity contribution in [1.29, 1.82) is 0 Å². The zero-order valence-electron chi connectivity index (χ0n) is 16.3. The molecule has 3 aromatic rings. The zero-order valence-corrected chi connectivity index (χ0v) is 17.0. The highest BCUT2D eigenvalue weighted by atomic mass is 35.5. The van der Waals surface area contributed by atoms with Gasteiger partial charge in [-0.25, -0.2) is 4.79 Å². The molecule has 2 aromatic carbocycles. The van der Waals surface area contributed by atoms with Crippen LogP contribution in [0.3, 0.4) is 0 Å². The second-order valence-corrected chi connectivity index (χ2v) is 7.17. The van der Waals surface area contributed by atoms with E-state index in [9.17, 15) is 9.59 Å². The number of nitrogens with zero attached hydrogens (tertiary/aromatic N) is 2. The highest BCUT2D eigenvalue weighted by Crippen LogP contribution is 2.31. The normalized spacial score (nSPS) is 12.9. The molecule has 2 heterocycles. The molecule has 0 N–H and O–H groups in total. The number of carbonyl (C=O) groups excluding carboxylic acids is 2. The van der Waals surface area contributed by atoms with Crippen LogP contribution in [0, 0.1) is 0 Å².